The molecule has 2 atom stereocenters. The predicted molar refractivity (Wildman–Crippen MR) is 79.3 cm³/mol. The lowest BCUT2D eigenvalue weighted by atomic mass is 9.99. The highest BCUT2D eigenvalue weighted by molar-refractivity contribution is 6.30. The molecule has 2 aromatic rings. The summed E-state index contributed by atoms with van der Waals surface area (Å²) in [6, 6.07) is 15.0. The molecule has 21 heavy (non-hydrogen) atoms. The van der Waals surface area contributed by atoms with Crippen molar-refractivity contribution in [3.8, 4) is 5.75 Å². The van der Waals surface area contributed by atoms with Gasteiger partial charge in [-0.1, -0.05) is 41.9 Å². The maximum Gasteiger partial charge on any atom is 0.289 e. The Bertz CT molecular complexity index is 660. The van der Waals surface area contributed by atoms with Gasteiger partial charge in [-0.3, -0.25) is 4.79 Å². The predicted octanol–water partition coefficient (Wildman–Crippen LogP) is 2.91. The Morgan fingerprint density at radius 3 is 2.67 bits per heavy atom. The number of ether oxygens (including phenoxy) is 2. The summed E-state index contributed by atoms with van der Waals surface area (Å²) in [5, 5.41) is 3.13. The van der Waals surface area contributed by atoms with E-state index >= 15 is 0 Å². The van der Waals surface area contributed by atoms with Gasteiger partial charge >= 0.3 is 0 Å². The van der Waals surface area contributed by atoms with Crippen LogP contribution in [0.4, 0.5) is 0 Å². The van der Waals surface area contributed by atoms with E-state index in [2.05, 4.69) is 5.32 Å². The van der Waals surface area contributed by atoms with Crippen LogP contribution in [0.5, 0.6) is 5.75 Å². The number of hydrogen-bond acceptors (Lipinski definition) is 3. The molecule has 1 N–H and O–H groups in total. The number of amides is 1. The Kier molecular flexibility index (Phi) is 3.82. The number of benzene rings is 2. The average molecular weight is 304 g/mol. The Balaban J connectivity index is 2.05. The number of halogens is 1. The van der Waals surface area contributed by atoms with Crippen molar-refractivity contribution in [1.82, 2.24) is 5.32 Å². The van der Waals surface area contributed by atoms with E-state index in [0.717, 1.165) is 11.1 Å². The summed E-state index contributed by atoms with van der Waals surface area (Å²) < 4.78 is 11.4. The molecule has 0 aliphatic carbocycles. The minimum absolute atomic E-state index is 0.323. The van der Waals surface area contributed by atoms with Crippen LogP contribution in [-0.2, 0) is 9.53 Å². The van der Waals surface area contributed by atoms with Crippen molar-refractivity contribution in [2.45, 2.75) is 12.4 Å². The van der Waals surface area contributed by atoms with Gasteiger partial charge in [-0.2, -0.15) is 0 Å². The van der Waals surface area contributed by atoms with Crippen LogP contribution in [0.25, 0.3) is 0 Å². The molecule has 1 aliphatic rings. The number of carbonyl (C=O) groups excluding carboxylic acids is 1. The molecule has 0 bridgehead atoms. The van der Waals surface area contributed by atoms with E-state index in [4.69, 9.17) is 21.1 Å². The fourth-order valence-electron chi connectivity index (χ4n) is 2.29. The molecule has 3 rings (SSSR count). The van der Waals surface area contributed by atoms with Gasteiger partial charge in [-0.25, -0.2) is 0 Å². The highest BCUT2D eigenvalue weighted by atomic mass is 35.5. The lowest BCUT2D eigenvalue weighted by Gasteiger charge is -2.32. The number of hydrogen-bond donors (Lipinski definition) is 1. The molecule has 2 aromatic carbocycles. The second kappa shape index (κ2) is 5.76. The first-order valence-corrected chi connectivity index (χ1v) is 6.95. The number of fused-ring (bicyclic) bond motifs is 1. The molecule has 1 heterocycles. The topological polar surface area (TPSA) is 47.6 Å². The van der Waals surface area contributed by atoms with Crippen molar-refractivity contribution >= 4 is 17.5 Å². The van der Waals surface area contributed by atoms with Crippen molar-refractivity contribution in [1.29, 1.82) is 0 Å². The van der Waals surface area contributed by atoms with E-state index in [0.29, 0.717) is 10.8 Å². The third-order valence-corrected chi connectivity index (χ3v) is 3.55. The maximum absolute atomic E-state index is 11.8. The molecule has 1 amide bonds. The molecule has 0 saturated heterocycles. The van der Waals surface area contributed by atoms with Crippen LogP contribution in [0.1, 0.15) is 17.2 Å². The van der Waals surface area contributed by atoms with Gasteiger partial charge < -0.3 is 14.8 Å². The number of nitrogens with one attached hydrogen (secondary N) is 1. The van der Waals surface area contributed by atoms with Crippen molar-refractivity contribution < 1.29 is 14.3 Å². The van der Waals surface area contributed by atoms with E-state index in [1.807, 2.05) is 30.3 Å². The standard InChI is InChI=1S/C16H14ClNO3/c1-18-15(19)16-20-13-8-7-11(17)9-12(13)14(21-16)10-5-3-2-4-6-10/h2-9,14,16H,1H3,(H,18,19). The molecule has 0 radical (unpaired) electrons. The minimum Gasteiger partial charge on any atom is -0.455 e. The first-order chi connectivity index (χ1) is 10.2. The quantitative estimate of drug-likeness (QED) is 0.928. The Labute approximate surface area is 127 Å². The molecule has 108 valence electrons. The van der Waals surface area contributed by atoms with Crippen LogP contribution < -0.4 is 10.1 Å². The number of carbonyl (C=O) groups is 1. The van der Waals surface area contributed by atoms with Crippen molar-refractivity contribution in [3.05, 3.63) is 64.7 Å². The van der Waals surface area contributed by atoms with Gasteiger partial charge in [0.25, 0.3) is 12.2 Å². The van der Waals surface area contributed by atoms with Gasteiger partial charge in [0.1, 0.15) is 11.9 Å². The average Bonchev–Trinajstić information content (AvgIpc) is 2.54. The summed E-state index contributed by atoms with van der Waals surface area (Å²) >= 11 is 6.07. The van der Waals surface area contributed by atoms with Crippen LogP contribution >= 0.6 is 11.6 Å². The monoisotopic (exact) mass is 303 g/mol. The SMILES string of the molecule is CNC(=O)C1Oc2ccc(Cl)cc2C(c2ccccc2)O1. The molecular weight excluding hydrogens is 290 g/mol. The molecule has 0 spiro atoms. The summed E-state index contributed by atoms with van der Waals surface area (Å²) in [4.78, 5) is 11.8. The maximum atomic E-state index is 11.8. The smallest absolute Gasteiger partial charge is 0.289 e. The van der Waals surface area contributed by atoms with Crippen LogP contribution in [0.3, 0.4) is 0 Å². The van der Waals surface area contributed by atoms with E-state index in [-0.39, 0.29) is 5.91 Å². The van der Waals surface area contributed by atoms with Gasteiger partial charge in [0.05, 0.1) is 0 Å². The molecular formula is C16H14ClNO3. The lowest BCUT2D eigenvalue weighted by molar-refractivity contribution is -0.165. The zero-order chi connectivity index (χ0) is 14.8. The van der Waals surface area contributed by atoms with Crippen LogP contribution in [-0.4, -0.2) is 19.2 Å². The second-order valence-electron chi connectivity index (χ2n) is 4.67. The van der Waals surface area contributed by atoms with Gasteiger partial charge in [0.2, 0.25) is 0 Å². The molecule has 0 fully saturated rings. The fraction of sp³-hybridized carbons (Fsp3) is 0.188. The van der Waals surface area contributed by atoms with Crippen molar-refractivity contribution in [2.24, 2.45) is 0 Å². The molecule has 0 aromatic heterocycles. The van der Waals surface area contributed by atoms with Crippen molar-refractivity contribution in [3.63, 3.8) is 0 Å². The molecule has 4 nitrogen and oxygen atoms in total. The molecule has 0 saturated carbocycles. The number of likely N-dealkylation sites (N-methyl/N-ethyl adjacent to an activating group) is 1. The van der Waals surface area contributed by atoms with Crippen LogP contribution in [0.2, 0.25) is 5.02 Å². The van der Waals surface area contributed by atoms with E-state index in [9.17, 15) is 4.79 Å². The van der Waals surface area contributed by atoms with Gasteiger partial charge in [0, 0.05) is 17.6 Å². The summed E-state index contributed by atoms with van der Waals surface area (Å²) in [5.41, 5.74) is 1.76. The highest BCUT2D eigenvalue weighted by Crippen LogP contribution is 2.39. The highest BCUT2D eigenvalue weighted by Gasteiger charge is 2.33. The molecule has 1 aliphatic heterocycles. The van der Waals surface area contributed by atoms with Crippen LogP contribution in [0, 0.1) is 0 Å². The first-order valence-electron chi connectivity index (χ1n) is 6.57. The van der Waals surface area contributed by atoms with Gasteiger partial charge in [-0.15, -0.1) is 0 Å². The zero-order valence-corrected chi connectivity index (χ0v) is 12.1. The fourth-order valence-corrected chi connectivity index (χ4v) is 2.47. The third-order valence-electron chi connectivity index (χ3n) is 3.31. The first kappa shape index (κ1) is 13.9. The van der Waals surface area contributed by atoms with Gasteiger partial charge in [0.15, 0.2) is 0 Å². The number of rotatable bonds is 2. The minimum atomic E-state index is -0.978. The van der Waals surface area contributed by atoms with E-state index < -0.39 is 12.4 Å². The molecule has 2 unspecified atom stereocenters. The molecule has 5 heteroatoms. The van der Waals surface area contributed by atoms with Crippen molar-refractivity contribution in [2.75, 3.05) is 7.05 Å². The Morgan fingerprint density at radius 1 is 1.19 bits per heavy atom. The Hall–Kier alpha value is -2.04. The Morgan fingerprint density at radius 2 is 1.95 bits per heavy atom. The summed E-state index contributed by atoms with van der Waals surface area (Å²) in [6.07, 6.45) is -1.37. The normalized spacial score (nSPS) is 20.3. The second-order valence-corrected chi connectivity index (χ2v) is 5.11. The van der Waals surface area contributed by atoms with E-state index in [1.54, 1.807) is 25.2 Å². The lowest BCUT2D eigenvalue weighted by Crippen LogP contribution is -2.41. The summed E-state index contributed by atoms with van der Waals surface area (Å²) in [6.45, 7) is 0. The zero-order valence-electron chi connectivity index (χ0n) is 11.4. The van der Waals surface area contributed by atoms with Crippen LogP contribution in [0.15, 0.2) is 48.5 Å². The largest absolute Gasteiger partial charge is 0.455 e. The third kappa shape index (κ3) is 2.73. The van der Waals surface area contributed by atoms with E-state index in [1.165, 1.54) is 0 Å². The summed E-state index contributed by atoms with van der Waals surface area (Å²) in [7, 11) is 1.55. The summed E-state index contributed by atoms with van der Waals surface area (Å²) in [5.74, 6) is 0.282. The van der Waals surface area contributed by atoms with Gasteiger partial charge in [-0.05, 0) is 23.8 Å².